The van der Waals surface area contributed by atoms with E-state index in [2.05, 4.69) is 5.32 Å². The number of esters is 1. The highest BCUT2D eigenvalue weighted by molar-refractivity contribution is 6.00. The Kier molecular flexibility index (Phi) is 5.56. The Morgan fingerprint density at radius 1 is 1.10 bits per heavy atom. The maximum Gasteiger partial charge on any atom is 0.312 e. The fraction of sp³-hybridized carbons (Fsp3) is 0.318. The third kappa shape index (κ3) is 4.22. The van der Waals surface area contributed by atoms with Crippen molar-refractivity contribution < 1.29 is 28.6 Å². The van der Waals surface area contributed by atoms with Crippen LogP contribution in [0.5, 0.6) is 11.5 Å². The zero-order valence-corrected chi connectivity index (χ0v) is 16.5. The summed E-state index contributed by atoms with van der Waals surface area (Å²) < 4.78 is 16.4. The molecule has 0 aromatic heterocycles. The van der Waals surface area contributed by atoms with E-state index in [4.69, 9.17) is 14.2 Å². The first-order valence-corrected chi connectivity index (χ1v) is 9.77. The number of fused-ring (bicyclic) bond motifs is 1. The summed E-state index contributed by atoms with van der Waals surface area (Å²) in [5.74, 6) is -0.621. The van der Waals surface area contributed by atoms with Crippen molar-refractivity contribution in [3.63, 3.8) is 0 Å². The molecule has 0 unspecified atom stereocenters. The number of para-hydroxylation sites is 1. The van der Waals surface area contributed by atoms with Gasteiger partial charge in [-0.25, -0.2) is 0 Å². The van der Waals surface area contributed by atoms with Crippen LogP contribution >= 0.6 is 0 Å². The molecule has 0 radical (unpaired) electrons. The van der Waals surface area contributed by atoms with Gasteiger partial charge in [0.2, 0.25) is 5.91 Å². The Hall–Kier alpha value is -3.55. The average Bonchev–Trinajstić information content (AvgIpc) is 3.16. The number of rotatable bonds is 5. The van der Waals surface area contributed by atoms with Crippen LogP contribution in [0.2, 0.25) is 0 Å². The molecule has 2 aliphatic rings. The fourth-order valence-electron chi connectivity index (χ4n) is 3.40. The van der Waals surface area contributed by atoms with Crippen LogP contribution in [0.4, 0.5) is 11.4 Å². The minimum atomic E-state index is -0.976. The lowest BCUT2D eigenvalue weighted by Crippen LogP contribution is -2.33. The second-order valence-corrected chi connectivity index (χ2v) is 7.17. The van der Waals surface area contributed by atoms with Crippen molar-refractivity contribution in [3.8, 4) is 11.5 Å². The number of nitrogens with zero attached hydrogens (tertiary/aromatic N) is 1. The molecule has 2 heterocycles. The lowest BCUT2D eigenvalue weighted by molar-refractivity contribution is -0.157. The first-order chi connectivity index (χ1) is 14.5. The molecule has 2 aromatic rings. The summed E-state index contributed by atoms with van der Waals surface area (Å²) in [6.45, 7) is 2.62. The molecule has 1 N–H and O–H groups in total. The quantitative estimate of drug-likeness (QED) is 0.761. The molecule has 1 saturated heterocycles. The van der Waals surface area contributed by atoms with Crippen molar-refractivity contribution in [2.45, 2.75) is 19.4 Å². The van der Waals surface area contributed by atoms with Crippen LogP contribution in [0.25, 0.3) is 0 Å². The van der Waals surface area contributed by atoms with E-state index in [0.717, 1.165) is 0 Å². The largest absolute Gasteiger partial charge is 0.486 e. The average molecular weight is 410 g/mol. The number of amides is 2. The van der Waals surface area contributed by atoms with Gasteiger partial charge in [0.05, 0.1) is 5.92 Å². The lowest BCUT2D eigenvalue weighted by atomic mass is 10.1. The molecule has 8 nitrogen and oxygen atoms in total. The molecule has 8 heteroatoms. The topological polar surface area (TPSA) is 94.2 Å². The maximum absolute atomic E-state index is 12.5. The smallest absolute Gasteiger partial charge is 0.312 e. The van der Waals surface area contributed by atoms with Crippen LogP contribution in [0.3, 0.4) is 0 Å². The van der Waals surface area contributed by atoms with Gasteiger partial charge in [-0.15, -0.1) is 0 Å². The number of hydrogen-bond donors (Lipinski definition) is 1. The van der Waals surface area contributed by atoms with Crippen LogP contribution in [0, 0.1) is 5.92 Å². The van der Waals surface area contributed by atoms with Crippen molar-refractivity contribution in [3.05, 3.63) is 48.5 Å². The van der Waals surface area contributed by atoms with Crippen LogP contribution in [0.1, 0.15) is 13.3 Å². The number of ether oxygens (including phenoxy) is 3. The molecule has 0 spiro atoms. The molecule has 156 valence electrons. The number of hydrogen-bond acceptors (Lipinski definition) is 6. The number of benzene rings is 2. The van der Waals surface area contributed by atoms with Crippen molar-refractivity contribution in [1.82, 2.24) is 0 Å². The maximum atomic E-state index is 12.5. The van der Waals surface area contributed by atoms with Crippen molar-refractivity contribution in [2.24, 2.45) is 5.92 Å². The highest BCUT2D eigenvalue weighted by Crippen LogP contribution is 2.36. The monoisotopic (exact) mass is 410 g/mol. The predicted molar refractivity (Wildman–Crippen MR) is 109 cm³/mol. The van der Waals surface area contributed by atoms with Crippen LogP contribution < -0.4 is 19.7 Å². The minimum absolute atomic E-state index is 0.0281. The lowest BCUT2D eigenvalue weighted by Gasteiger charge is -2.22. The third-order valence-corrected chi connectivity index (χ3v) is 5.00. The third-order valence-electron chi connectivity index (χ3n) is 5.00. The van der Waals surface area contributed by atoms with Crippen molar-refractivity contribution >= 4 is 29.2 Å². The highest BCUT2D eigenvalue weighted by atomic mass is 16.6. The molecule has 4 rings (SSSR count). The van der Waals surface area contributed by atoms with Gasteiger partial charge in [-0.1, -0.05) is 18.2 Å². The van der Waals surface area contributed by atoms with Gasteiger partial charge in [-0.3, -0.25) is 14.4 Å². The van der Waals surface area contributed by atoms with Crippen LogP contribution in [-0.2, 0) is 19.1 Å². The molecule has 1 fully saturated rings. The molecule has 2 aromatic carbocycles. The van der Waals surface area contributed by atoms with E-state index in [1.807, 2.05) is 6.07 Å². The Balaban J connectivity index is 1.36. The zero-order chi connectivity index (χ0) is 21.1. The van der Waals surface area contributed by atoms with Crippen LogP contribution in [-0.4, -0.2) is 43.6 Å². The van der Waals surface area contributed by atoms with Gasteiger partial charge in [0.1, 0.15) is 13.2 Å². The molecule has 30 heavy (non-hydrogen) atoms. The molecule has 2 atom stereocenters. The Labute approximate surface area is 173 Å². The highest BCUT2D eigenvalue weighted by Gasteiger charge is 2.37. The molecule has 0 saturated carbocycles. The van der Waals surface area contributed by atoms with E-state index >= 15 is 0 Å². The van der Waals surface area contributed by atoms with Gasteiger partial charge in [0.15, 0.2) is 17.6 Å². The van der Waals surface area contributed by atoms with Gasteiger partial charge in [-0.2, -0.15) is 0 Å². The van der Waals surface area contributed by atoms with E-state index in [0.29, 0.717) is 36.1 Å². The molecule has 0 aliphatic carbocycles. The minimum Gasteiger partial charge on any atom is -0.486 e. The summed E-state index contributed by atoms with van der Waals surface area (Å²) in [6.07, 6.45) is -0.948. The Bertz CT molecular complexity index is 961. The SMILES string of the molecule is C[C@H](OC(=O)[C@@H]1CC(=O)N(c2ccc3c(c2)OCCO3)C1)C(=O)Nc1ccccc1. The second kappa shape index (κ2) is 8.44. The number of carbonyl (C=O) groups is 3. The molecular weight excluding hydrogens is 388 g/mol. The summed E-state index contributed by atoms with van der Waals surface area (Å²) in [5.41, 5.74) is 1.25. The van der Waals surface area contributed by atoms with Crippen LogP contribution in [0.15, 0.2) is 48.5 Å². The summed E-state index contributed by atoms with van der Waals surface area (Å²) in [4.78, 5) is 38.8. The molecule has 2 aliphatic heterocycles. The Morgan fingerprint density at radius 3 is 2.60 bits per heavy atom. The summed E-state index contributed by atoms with van der Waals surface area (Å²) in [7, 11) is 0. The predicted octanol–water partition coefficient (Wildman–Crippen LogP) is 2.38. The second-order valence-electron chi connectivity index (χ2n) is 7.17. The van der Waals surface area contributed by atoms with E-state index in [9.17, 15) is 14.4 Å². The normalized spacial score (nSPS) is 18.6. The summed E-state index contributed by atoms with van der Waals surface area (Å²) in [5, 5.41) is 2.69. The molecule has 0 bridgehead atoms. The van der Waals surface area contributed by atoms with E-state index < -0.39 is 23.9 Å². The first kappa shape index (κ1) is 19.8. The van der Waals surface area contributed by atoms with Gasteiger partial charge in [-0.05, 0) is 31.2 Å². The zero-order valence-electron chi connectivity index (χ0n) is 16.5. The molecule has 2 amide bonds. The number of nitrogens with one attached hydrogen (secondary N) is 1. The van der Waals surface area contributed by atoms with E-state index in [-0.39, 0.29) is 18.9 Å². The summed E-state index contributed by atoms with van der Waals surface area (Å²) >= 11 is 0. The fourth-order valence-corrected chi connectivity index (χ4v) is 3.40. The standard InChI is InChI=1S/C22H22N2O6/c1-14(21(26)23-16-5-3-2-4-6-16)30-22(27)15-11-20(25)24(13-15)17-7-8-18-19(12-17)29-10-9-28-18/h2-8,12,14-15H,9-11,13H2,1H3,(H,23,26)/t14-,15+/m0/s1. The van der Waals surface area contributed by atoms with E-state index in [1.165, 1.54) is 11.8 Å². The van der Waals surface area contributed by atoms with Crippen molar-refractivity contribution in [1.29, 1.82) is 0 Å². The first-order valence-electron chi connectivity index (χ1n) is 9.77. The van der Waals surface area contributed by atoms with Gasteiger partial charge >= 0.3 is 5.97 Å². The number of carbonyl (C=O) groups excluding carboxylic acids is 3. The number of anilines is 2. The van der Waals surface area contributed by atoms with Gasteiger partial charge in [0.25, 0.3) is 5.91 Å². The van der Waals surface area contributed by atoms with Gasteiger partial charge < -0.3 is 24.4 Å². The van der Waals surface area contributed by atoms with Crippen molar-refractivity contribution in [2.75, 3.05) is 30.0 Å². The van der Waals surface area contributed by atoms with Gasteiger partial charge in [0, 0.05) is 30.4 Å². The van der Waals surface area contributed by atoms with E-state index in [1.54, 1.807) is 42.5 Å². The Morgan fingerprint density at radius 2 is 1.83 bits per heavy atom. The summed E-state index contributed by atoms with van der Waals surface area (Å²) in [6, 6.07) is 14.2. The molecular formula is C22H22N2O6.